The third-order valence-electron chi connectivity index (χ3n) is 3.10. The number of methoxy groups -OCH3 is 1. The van der Waals surface area contributed by atoms with Crippen molar-refractivity contribution in [3.63, 3.8) is 0 Å². The van der Waals surface area contributed by atoms with Gasteiger partial charge in [-0.2, -0.15) is 0 Å². The molecule has 0 aromatic heterocycles. The number of likely N-dealkylation sites (tertiary alicyclic amines) is 1. The van der Waals surface area contributed by atoms with Crippen molar-refractivity contribution in [3.05, 3.63) is 0 Å². The average molecular weight is 230 g/mol. The molecule has 1 N–H and O–H groups in total. The lowest BCUT2D eigenvalue weighted by Gasteiger charge is -2.32. The minimum absolute atomic E-state index is 0.0501. The predicted octanol–water partition coefficient (Wildman–Crippen LogP) is 0.286. The monoisotopic (exact) mass is 230 g/mol. The predicted molar refractivity (Wildman–Crippen MR) is 60.9 cm³/mol. The number of ether oxygens (including phenoxy) is 1. The minimum atomic E-state index is 0.0501. The van der Waals surface area contributed by atoms with E-state index >= 15 is 0 Å². The lowest BCUT2D eigenvalue weighted by atomic mass is 10.1. The first-order chi connectivity index (χ1) is 7.31. The van der Waals surface area contributed by atoms with Crippen LogP contribution in [0.5, 0.6) is 0 Å². The van der Waals surface area contributed by atoms with Crippen molar-refractivity contribution in [2.24, 2.45) is 0 Å². The molecule has 0 bridgehead atoms. The molecule has 0 aromatic carbocycles. The molecule has 2 rings (SSSR count). The van der Waals surface area contributed by atoms with Gasteiger partial charge in [0.1, 0.15) is 0 Å². The molecule has 2 saturated heterocycles. The summed E-state index contributed by atoms with van der Waals surface area (Å²) in [6.45, 7) is 1.69. The van der Waals surface area contributed by atoms with Crippen LogP contribution >= 0.6 is 11.8 Å². The third kappa shape index (κ3) is 2.65. The highest BCUT2D eigenvalue weighted by atomic mass is 32.2. The molecule has 1 atom stereocenters. The van der Waals surface area contributed by atoms with E-state index in [1.54, 1.807) is 18.9 Å². The molecule has 4 nitrogen and oxygen atoms in total. The van der Waals surface area contributed by atoms with E-state index in [0.717, 1.165) is 37.6 Å². The molecule has 2 aliphatic heterocycles. The number of carbonyl (C=O) groups excluding carboxylic acids is 1. The van der Waals surface area contributed by atoms with Crippen molar-refractivity contribution < 1.29 is 9.53 Å². The smallest absolute Gasteiger partial charge is 0.240 e. The van der Waals surface area contributed by atoms with Crippen molar-refractivity contribution in [1.82, 2.24) is 10.2 Å². The van der Waals surface area contributed by atoms with Gasteiger partial charge in [0, 0.05) is 31.8 Å². The fourth-order valence-corrected chi connectivity index (χ4v) is 3.02. The molecule has 0 aliphatic carbocycles. The fraction of sp³-hybridized carbons (Fsp3) is 0.900. The second kappa shape index (κ2) is 5.18. The summed E-state index contributed by atoms with van der Waals surface area (Å²) in [5, 5.41) is 3.22. The standard InChI is InChI=1S/C10H18N2O2S/c1-14-8-2-4-12(5-3-8)10(13)9-6-15-7-11-9/h8-9,11H,2-7H2,1H3. The Morgan fingerprint density at radius 3 is 2.73 bits per heavy atom. The number of amides is 1. The largest absolute Gasteiger partial charge is 0.381 e. The van der Waals surface area contributed by atoms with Crippen LogP contribution in [0.4, 0.5) is 0 Å². The number of piperidine rings is 1. The van der Waals surface area contributed by atoms with Gasteiger partial charge in [-0.3, -0.25) is 10.1 Å². The molecular weight excluding hydrogens is 212 g/mol. The van der Waals surface area contributed by atoms with Crippen molar-refractivity contribution in [3.8, 4) is 0 Å². The molecule has 15 heavy (non-hydrogen) atoms. The van der Waals surface area contributed by atoms with Gasteiger partial charge in [-0.15, -0.1) is 11.8 Å². The second-order valence-electron chi connectivity index (χ2n) is 4.03. The Labute approximate surface area is 94.7 Å². The molecule has 5 heteroatoms. The van der Waals surface area contributed by atoms with E-state index in [1.165, 1.54) is 0 Å². The van der Waals surface area contributed by atoms with Crippen molar-refractivity contribution >= 4 is 17.7 Å². The SMILES string of the molecule is COC1CCN(C(=O)C2CSCN2)CC1. The van der Waals surface area contributed by atoms with Gasteiger partial charge in [-0.05, 0) is 12.8 Å². The van der Waals surface area contributed by atoms with Gasteiger partial charge >= 0.3 is 0 Å². The quantitative estimate of drug-likeness (QED) is 0.740. The first kappa shape index (κ1) is 11.2. The highest BCUT2D eigenvalue weighted by Crippen LogP contribution is 2.17. The lowest BCUT2D eigenvalue weighted by Crippen LogP contribution is -2.48. The van der Waals surface area contributed by atoms with Crippen molar-refractivity contribution in [1.29, 1.82) is 0 Å². The van der Waals surface area contributed by atoms with Gasteiger partial charge in [0.25, 0.3) is 0 Å². The number of nitrogens with one attached hydrogen (secondary N) is 1. The van der Waals surface area contributed by atoms with E-state index in [9.17, 15) is 4.79 Å². The second-order valence-corrected chi connectivity index (χ2v) is 5.06. The number of hydrogen-bond acceptors (Lipinski definition) is 4. The molecule has 0 aromatic rings. The topological polar surface area (TPSA) is 41.6 Å². The Hall–Kier alpha value is -0.260. The van der Waals surface area contributed by atoms with Crippen LogP contribution in [-0.2, 0) is 9.53 Å². The summed E-state index contributed by atoms with van der Waals surface area (Å²) in [4.78, 5) is 14.0. The van der Waals surface area contributed by atoms with Crippen LogP contribution in [-0.4, -0.2) is 54.8 Å². The van der Waals surface area contributed by atoms with Crippen LogP contribution in [0.15, 0.2) is 0 Å². The first-order valence-electron chi connectivity index (χ1n) is 5.44. The molecule has 1 unspecified atom stereocenters. The molecule has 1 amide bonds. The maximum absolute atomic E-state index is 12.0. The normalized spacial score (nSPS) is 28.3. The zero-order valence-corrected chi connectivity index (χ0v) is 9.89. The van der Waals surface area contributed by atoms with Crippen LogP contribution in [0.2, 0.25) is 0 Å². The van der Waals surface area contributed by atoms with Crippen LogP contribution in [0.3, 0.4) is 0 Å². The molecule has 0 saturated carbocycles. The van der Waals surface area contributed by atoms with E-state index in [2.05, 4.69) is 5.32 Å². The zero-order valence-electron chi connectivity index (χ0n) is 9.07. The van der Waals surface area contributed by atoms with Gasteiger partial charge < -0.3 is 9.64 Å². The molecule has 2 fully saturated rings. The Morgan fingerprint density at radius 1 is 1.47 bits per heavy atom. The van der Waals surface area contributed by atoms with E-state index in [0.29, 0.717) is 6.10 Å². The fourth-order valence-electron chi connectivity index (χ4n) is 2.09. The summed E-state index contributed by atoms with van der Waals surface area (Å²) in [7, 11) is 1.75. The Morgan fingerprint density at radius 2 is 2.20 bits per heavy atom. The maximum atomic E-state index is 12.0. The van der Waals surface area contributed by atoms with Crippen molar-refractivity contribution in [2.45, 2.75) is 25.0 Å². The van der Waals surface area contributed by atoms with Crippen LogP contribution < -0.4 is 5.32 Å². The molecule has 2 heterocycles. The van der Waals surface area contributed by atoms with Crippen LogP contribution in [0, 0.1) is 0 Å². The first-order valence-corrected chi connectivity index (χ1v) is 6.59. The van der Waals surface area contributed by atoms with Crippen LogP contribution in [0.25, 0.3) is 0 Å². The number of hydrogen-bond donors (Lipinski definition) is 1. The summed E-state index contributed by atoms with van der Waals surface area (Å²) in [5.74, 6) is 2.10. The summed E-state index contributed by atoms with van der Waals surface area (Å²) in [5.41, 5.74) is 0. The summed E-state index contributed by atoms with van der Waals surface area (Å²) >= 11 is 1.80. The lowest BCUT2D eigenvalue weighted by molar-refractivity contribution is -0.134. The van der Waals surface area contributed by atoms with Crippen LogP contribution in [0.1, 0.15) is 12.8 Å². The number of carbonyl (C=O) groups is 1. The van der Waals surface area contributed by atoms with E-state index in [1.807, 2.05) is 4.90 Å². The van der Waals surface area contributed by atoms with E-state index in [4.69, 9.17) is 4.74 Å². The highest BCUT2D eigenvalue weighted by Gasteiger charge is 2.29. The maximum Gasteiger partial charge on any atom is 0.240 e. The Kier molecular flexibility index (Phi) is 3.88. The number of thioether (sulfide) groups is 1. The van der Waals surface area contributed by atoms with Gasteiger partial charge in [0.15, 0.2) is 0 Å². The summed E-state index contributed by atoms with van der Waals surface area (Å²) in [6, 6.07) is 0.0501. The van der Waals surface area contributed by atoms with Gasteiger partial charge in [0.2, 0.25) is 5.91 Å². The summed E-state index contributed by atoms with van der Waals surface area (Å²) in [6.07, 6.45) is 2.30. The number of nitrogens with zero attached hydrogens (tertiary/aromatic N) is 1. The van der Waals surface area contributed by atoms with Gasteiger partial charge in [-0.1, -0.05) is 0 Å². The Balaban J connectivity index is 1.81. The third-order valence-corrected chi connectivity index (χ3v) is 4.04. The van der Waals surface area contributed by atoms with E-state index < -0.39 is 0 Å². The Bertz CT molecular complexity index is 223. The van der Waals surface area contributed by atoms with E-state index in [-0.39, 0.29) is 11.9 Å². The highest BCUT2D eigenvalue weighted by molar-refractivity contribution is 7.99. The van der Waals surface area contributed by atoms with Gasteiger partial charge in [0.05, 0.1) is 12.1 Å². The average Bonchev–Trinajstić information content (AvgIpc) is 2.82. The molecule has 0 spiro atoms. The molecular formula is C10H18N2O2S. The minimum Gasteiger partial charge on any atom is -0.381 e. The molecule has 2 aliphatic rings. The molecule has 0 radical (unpaired) electrons. The van der Waals surface area contributed by atoms with Gasteiger partial charge in [-0.25, -0.2) is 0 Å². The molecule has 86 valence electrons. The zero-order chi connectivity index (χ0) is 10.7. The summed E-state index contributed by atoms with van der Waals surface area (Å²) < 4.78 is 5.29. The van der Waals surface area contributed by atoms with Crippen molar-refractivity contribution in [2.75, 3.05) is 31.8 Å². The number of rotatable bonds is 2.